The number of rotatable bonds is 3. The Kier molecular flexibility index (Phi) is 4.36. The van der Waals surface area contributed by atoms with Gasteiger partial charge in [0.25, 0.3) is 5.56 Å². The lowest BCUT2D eigenvalue weighted by atomic mass is 10.0. The molecule has 24 heavy (non-hydrogen) atoms. The Hall–Kier alpha value is -2.65. The van der Waals surface area contributed by atoms with Gasteiger partial charge in [0.15, 0.2) is 5.78 Å². The topological polar surface area (TPSA) is 49.9 Å². The minimum atomic E-state index is -0.388. The lowest BCUT2D eigenvalue weighted by Crippen LogP contribution is -2.18. The number of ketones is 1. The minimum Gasteiger partial charge on any atom is -0.321 e. The third kappa shape index (κ3) is 3.17. The van der Waals surface area contributed by atoms with E-state index in [2.05, 4.69) is 4.98 Å². The summed E-state index contributed by atoms with van der Waals surface area (Å²) in [6.07, 6.45) is 3.14. The highest BCUT2D eigenvalue weighted by Crippen LogP contribution is 2.22. The molecule has 0 fully saturated rings. The van der Waals surface area contributed by atoms with Crippen LogP contribution in [-0.2, 0) is 0 Å². The Bertz CT molecular complexity index is 1010. The van der Waals surface area contributed by atoms with Crippen LogP contribution in [0.15, 0.2) is 53.3 Å². The fourth-order valence-corrected chi connectivity index (χ4v) is 2.83. The number of aromatic amines is 1. The summed E-state index contributed by atoms with van der Waals surface area (Å²) in [5.41, 5.74) is 3.12. The number of aromatic nitrogens is 1. The maximum Gasteiger partial charge on any atom is 0.259 e. The second-order valence-electron chi connectivity index (χ2n) is 5.75. The number of benzene rings is 2. The summed E-state index contributed by atoms with van der Waals surface area (Å²) < 4.78 is 0. The van der Waals surface area contributed by atoms with Gasteiger partial charge in [-0.2, -0.15) is 0 Å². The number of halogens is 1. The van der Waals surface area contributed by atoms with Crippen LogP contribution in [0.2, 0.25) is 5.02 Å². The molecule has 3 rings (SSSR count). The molecule has 3 nitrogen and oxygen atoms in total. The Labute approximate surface area is 144 Å². The van der Waals surface area contributed by atoms with E-state index in [1.807, 2.05) is 31.2 Å². The van der Waals surface area contributed by atoms with Gasteiger partial charge in [-0.15, -0.1) is 0 Å². The van der Waals surface area contributed by atoms with Crippen molar-refractivity contribution in [3.63, 3.8) is 0 Å². The van der Waals surface area contributed by atoms with Gasteiger partial charge in [0.1, 0.15) is 0 Å². The van der Waals surface area contributed by atoms with Crippen molar-refractivity contribution in [3.8, 4) is 0 Å². The van der Waals surface area contributed by atoms with E-state index in [4.69, 9.17) is 11.6 Å². The molecule has 0 aliphatic carbocycles. The summed E-state index contributed by atoms with van der Waals surface area (Å²) in [5, 5.41) is 1.33. The van der Waals surface area contributed by atoms with Crippen molar-refractivity contribution in [1.82, 2.24) is 4.98 Å². The van der Waals surface area contributed by atoms with Crippen LogP contribution in [0.3, 0.4) is 0 Å². The molecule has 3 aromatic rings. The number of pyridine rings is 1. The monoisotopic (exact) mass is 337 g/mol. The number of fused-ring (bicyclic) bond motifs is 1. The Morgan fingerprint density at radius 2 is 1.79 bits per heavy atom. The maximum atomic E-state index is 12.5. The molecule has 0 unspecified atom stereocenters. The first kappa shape index (κ1) is 16.2. The summed E-state index contributed by atoms with van der Waals surface area (Å²) >= 11 is 6.03. The minimum absolute atomic E-state index is 0.146. The van der Waals surface area contributed by atoms with Crippen LogP contribution >= 0.6 is 11.6 Å². The normalized spacial score (nSPS) is 11.3. The molecule has 0 atom stereocenters. The van der Waals surface area contributed by atoms with Gasteiger partial charge in [0.05, 0.1) is 5.56 Å². The SMILES string of the molecule is Cc1ccc(/C=C/C(=O)c2c(C)c3cc(Cl)ccc3[nH]c2=O)cc1. The van der Waals surface area contributed by atoms with Crippen molar-refractivity contribution in [1.29, 1.82) is 0 Å². The summed E-state index contributed by atoms with van der Waals surface area (Å²) in [7, 11) is 0. The number of H-pyrrole nitrogens is 1. The molecule has 0 saturated carbocycles. The largest absolute Gasteiger partial charge is 0.321 e. The van der Waals surface area contributed by atoms with Gasteiger partial charge in [-0.3, -0.25) is 9.59 Å². The predicted molar refractivity (Wildman–Crippen MR) is 98.9 cm³/mol. The number of hydrogen-bond donors (Lipinski definition) is 1. The standard InChI is InChI=1S/C20H16ClNO2/c1-12-3-5-14(6-4-12)7-10-18(23)19-13(2)16-11-15(21)8-9-17(16)22-20(19)24/h3-11H,1-2H3,(H,22,24)/b10-7+. The fraction of sp³-hybridized carbons (Fsp3) is 0.100. The van der Waals surface area contributed by atoms with Gasteiger partial charge in [-0.1, -0.05) is 47.5 Å². The summed E-state index contributed by atoms with van der Waals surface area (Å²) in [5.74, 6) is -0.323. The highest BCUT2D eigenvalue weighted by Gasteiger charge is 2.14. The zero-order valence-electron chi connectivity index (χ0n) is 13.4. The van der Waals surface area contributed by atoms with Crippen molar-refractivity contribution < 1.29 is 4.79 Å². The molecule has 0 amide bonds. The van der Waals surface area contributed by atoms with E-state index in [1.54, 1.807) is 31.2 Å². The second-order valence-corrected chi connectivity index (χ2v) is 6.19. The van der Waals surface area contributed by atoms with E-state index in [9.17, 15) is 9.59 Å². The molecule has 0 radical (unpaired) electrons. The average molecular weight is 338 g/mol. The molecule has 0 saturated heterocycles. The van der Waals surface area contributed by atoms with Crippen LogP contribution in [0, 0.1) is 13.8 Å². The van der Waals surface area contributed by atoms with Crippen LogP contribution in [-0.4, -0.2) is 10.8 Å². The smallest absolute Gasteiger partial charge is 0.259 e. The molecule has 4 heteroatoms. The van der Waals surface area contributed by atoms with Crippen molar-refractivity contribution in [2.45, 2.75) is 13.8 Å². The first-order chi connectivity index (χ1) is 11.5. The molecule has 1 heterocycles. The molecule has 0 bridgehead atoms. The molecule has 0 aliphatic heterocycles. The highest BCUT2D eigenvalue weighted by molar-refractivity contribution is 6.31. The van der Waals surface area contributed by atoms with Crippen molar-refractivity contribution in [2.75, 3.05) is 0 Å². The maximum absolute atomic E-state index is 12.5. The van der Waals surface area contributed by atoms with E-state index in [1.165, 1.54) is 6.08 Å². The third-order valence-electron chi connectivity index (χ3n) is 3.99. The van der Waals surface area contributed by atoms with Crippen LogP contribution < -0.4 is 5.56 Å². The predicted octanol–water partition coefficient (Wildman–Crippen LogP) is 4.69. The van der Waals surface area contributed by atoms with Gasteiger partial charge in [-0.05, 0) is 49.2 Å². The fourth-order valence-electron chi connectivity index (χ4n) is 2.66. The number of allylic oxidation sites excluding steroid dienone is 1. The van der Waals surface area contributed by atoms with Gasteiger partial charge in [0.2, 0.25) is 0 Å². The quantitative estimate of drug-likeness (QED) is 0.556. The Balaban J connectivity index is 2.03. The van der Waals surface area contributed by atoms with Crippen LogP contribution in [0.25, 0.3) is 17.0 Å². The van der Waals surface area contributed by atoms with Crippen LogP contribution in [0.1, 0.15) is 27.0 Å². The first-order valence-electron chi connectivity index (χ1n) is 7.57. The van der Waals surface area contributed by atoms with Crippen molar-refractivity contribution in [2.24, 2.45) is 0 Å². The average Bonchev–Trinajstić information content (AvgIpc) is 2.55. The highest BCUT2D eigenvalue weighted by atomic mass is 35.5. The van der Waals surface area contributed by atoms with Gasteiger partial charge >= 0.3 is 0 Å². The Morgan fingerprint density at radius 1 is 1.08 bits per heavy atom. The molecule has 120 valence electrons. The lowest BCUT2D eigenvalue weighted by Gasteiger charge is -2.07. The molecule has 0 aliphatic rings. The van der Waals surface area contributed by atoms with Crippen molar-refractivity contribution >= 4 is 34.4 Å². The van der Waals surface area contributed by atoms with E-state index < -0.39 is 0 Å². The van der Waals surface area contributed by atoms with Gasteiger partial charge in [0, 0.05) is 15.9 Å². The van der Waals surface area contributed by atoms with Crippen LogP contribution in [0.5, 0.6) is 0 Å². The lowest BCUT2D eigenvalue weighted by molar-refractivity contribution is 0.104. The van der Waals surface area contributed by atoms with Gasteiger partial charge < -0.3 is 4.98 Å². The molecular weight excluding hydrogens is 322 g/mol. The molecule has 0 spiro atoms. The number of hydrogen-bond acceptors (Lipinski definition) is 2. The van der Waals surface area contributed by atoms with Crippen molar-refractivity contribution in [3.05, 3.63) is 86.2 Å². The number of aryl methyl sites for hydroxylation is 2. The number of nitrogens with one attached hydrogen (secondary N) is 1. The van der Waals surface area contributed by atoms with E-state index in [0.29, 0.717) is 16.1 Å². The van der Waals surface area contributed by atoms with E-state index >= 15 is 0 Å². The Morgan fingerprint density at radius 3 is 2.50 bits per heavy atom. The number of carbonyl (C=O) groups is 1. The second kappa shape index (κ2) is 6.46. The molecule has 1 aromatic heterocycles. The molecule has 2 aromatic carbocycles. The summed E-state index contributed by atoms with van der Waals surface area (Å²) in [6, 6.07) is 13.0. The summed E-state index contributed by atoms with van der Waals surface area (Å²) in [4.78, 5) is 27.6. The van der Waals surface area contributed by atoms with Crippen LogP contribution in [0.4, 0.5) is 0 Å². The summed E-state index contributed by atoms with van der Waals surface area (Å²) in [6.45, 7) is 3.77. The zero-order valence-corrected chi connectivity index (χ0v) is 14.1. The van der Waals surface area contributed by atoms with Gasteiger partial charge in [-0.25, -0.2) is 0 Å². The zero-order chi connectivity index (χ0) is 17.3. The molecular formula is C20H16ClNO2. The van der Waals surface area contributed by atoms with E-state index in [-0.39, 0.29) is 16.9 Å². The number of carbonyl (C=O) groups excluding carboxylic acids is 1. The van der Waals surface area contributed by atoms with E-state index in [0.717, 1.165) is 16.5 Å². The molecule has 1 N–H and O–H groups in total. The first-order valence-corrected chi connectivity index (χ1v) is 7.95. The third-order valence-corrected chi connectivity index (χ3v) is 4.22.